The van der Waals surface area contributed by atoms with Crippen LogP contribution in [0.4, 0.5) is 5.00 Å². The molecule has 8 heteroatoms. The number of ether oxygens (including phenoxy) is 2. The van der Waals surface area contributed by atoms with Crippen molar-refractivity contribution in [3.63, 3.8) is 0 Å². The molecule has 7 nitrogen and oxygen atoms in total. The molecule has 2 aromatic carbocycles. The first-order chi connectivity index (χ1) is 19.2. The summed E-state index contributed by atoms with van der Waals surface area (Å²) in [6, 6.07) is 14.8. The van der Waals surface area contributed by atoms with E-state index in [1.807, 2.05) is 42.5 Å². The Hall–Kier alpha value is -3.91. The highest BCUT2D eigenvalue weighted by Gasteiger charge is 2.35. The van der Waals surface area contributed by atoms with E-state index in [0.717, 1.165) is 47.1 Å². The number of fused-ring (bicyclic) bond motifs is 2. The minimum Gasteiger partial charge on any atom is -0.493 e. The van der Waals surface area contributed by atoms with E-state index in [4.69, 9.17) is 20.2 Å². The fourth-order valence-corrected chi connectivity index (χ4v) is 6.90. The number of para-hydroxylation sites is 1. The Morgan fingerprint density at radius 2 is 1.85 bits per heavy atom. The summed E-state index contributed by atoms with van der Waals surface area (Å²) >= 11 is 1.48. The number of nitrogens with zero attached hydrogens (tertiary/aromatic N) is 1. The molecule has 4 aromatic rings. The van der Waals surface area contributed by atoms with Crippen LogP contribution >= 0.6 is 11.3 Å². The number of carbonyl (C=O) groups excluding carboxylic acids is 2. The number of anilines is 1. The van der Waals surface area contributed by atoms with Gasteiger partial charge in [0.25, 0.3) is 11.8 Å². The van der Waals surface area contributed by atoms with Crippen molar-refractivity contribution in [1.29, 1.82) is 0 Å². The molecular formula is C32H35N3O4S. The van der Waals surface area contributed by atoms with E-state index >= 15 is 0 Å². The molecule has 1 aliphatic rings. The van der Waals surface area contributed by atoms with Crippen molar-refractivity contribution >= 4 is 39.1 Å². The third-order valence-electron chi connectivity index (χ3n) is 8.40. The van der Waals surface area contributed by atoms with E-state index in [1.165, 1.54) is 11.3 Å². The Labute approximate surface area is 238 Å². The first-order valence-corrected chi connectivity index (χ1v) is 14.4. The second kappa shape index (κ2) is 10.9. The van der Waals surface area contributed by atoms with Crippen LogP contribution in [0.25, 0.3) is 22.2 Å². The maximum Gasteiger partial charge on any atom is 0.257 e. The Kier molecular flexibility index (Phi) is 7.55. The molecule has 1 unspecified atom stereocenters. The van der Waals surface area contributed by atoms with Gasteiger partial charge in [0, 0.05) is 15.8 Å². The van der Waals surface area contributed by atoms with Crippen LogP contribution in [-0.2, 0) is 12.8 Å². The largest absolute Gasteiger partial charge is 0.493 e. The third-order valence-corrected chi connectivity index (χ3v) is 9.57. The van der Waals surface area contributed by atoms with E-state index in [0.29, 0.717) is 44.8 Å². The van der Waals surface area contributed by atoms with Crippen LogP contribution in [0, 0.1) is 11.3 Å². The smallest absolute Gasteiger partial charge is 0.257 e. The molecule has 1 aliphatic carbocycles. The Morgan fingerprint density at radius 3 is 2.55 bits per heavy atom. The molecule has 208 valence electrons. The van der Waals surface area contributed by atoms with E-state index in [1.54, 1.807) is 20.3 Å². The lowest BCUT2D eigenvalue weighted by molar-refractivity contribution is 0.0999. The number of nitrogens with two attached hydrogens (primary N) is 1. The second-order valence-electron chi connectivity index (χ2n) is 11.0. The number of amides is 2. The van der Waals surface area contributed by atoms with Gasteiger partial charge < -0.3 is 20.5 Å². The molecule has 5 rings (SSSR count). The zero-order chi connectivity index (χ0) is 28.6. The van der Waals surface area contributed by atoms with Crippen molar-refractivity contribution in [3.8, 4) is 22.8 Å². The first-order valence-electron chi connectivity index (χ1n) is 13.5. The minimum absolute atomic E-state index is 0.203. The summed E-state index contributed by atoms with van der Waals surface area (Å²) in [7, 11) is 3.17. The van der Waals surface area contributed by atoms with Crippen LogP contribution in [0.1, 0.15) is 64.8 Å². The predicted molar refractivity (Wildman–Crippen MR) is 161 cm³/mol. The number of rotatable bonds is 8. The lowest BCUT2D eigenvalue weighted by Crippen LogP contribution is -2.29. The number of aromatic nitrogens is 1. The van der Waals surface area contributed by atoms with Crippen LogP contribution in [0.15, 0.2) is 48.5 Å². The predicted octanol–water partition coefficient (Wildman–Crippen LogP) is 6.87. The van der Waals surface area contributed by atoms with Crippen molar-refractivity contribution in [1.82, 2.24) is 4.98 Å². The highest BCUT2D eigenvalue weighted by Crippen LogP contribution is 2.45. The zero-order valence-corrected chi connectivity index (χ0v) is 24.4. The SMILES string of the molecule is CCC(C)(C)C1CCc2c(sc(NC(=O)c3cc(-c4ccc(OC)c(OC)c4)nc4ccccc34)c2C(N)=O)C1. The Balaban J connectivity index is 1.54. The van der Waals surface area contributed by atoms with Gasteiger partial charge in [0.05, 0.1) is 36.6 Å². The number of thiophene rings is 1. The first kappa shape index (κ1) is 27.6. The van der Waals surface area contributed by atoms with Gasteiger partial charge in [-0.15, -0.1) is 11.3 Å². The molecule has 1 atom stereocenters. The number of nitrogens with one attached hydrogen (secondary N) is 1. The van der Waals surface area contributed by atoms with Gasteiger partial charge in [-0.25, -0.2) is 4.98 Å². The van der Waals surface area contributed by atoms with Gasteiger partial charge in [0.2, 0.25) is 0 Å². The highest BCUT2D eigenvalue weighted by atomic mass is 32.1. The fraction of sp³-hybridized carbons (Fsp3) is 0.344. The van der Waals surface area contributed by atoms with Crippen molar-refractivity contribution < 1.29 is 19.1 Å². The lowest BCUT2D eigenvalue weighted by atomic mass is 9.69. The molecule has 0 aliphatic heterocycles. The summed E-state index contributed by atoms with van der Waals surface area (Å²) < 4.78 is 10.9. The van der Waals surface area contributed by atoms with Crippen LogP contribution in [-0.4, -0.2) is 31.0 Å². The number of methoxy groups -OCH3 is 2. The molecule has 0 radical (unpaired) electrons. The quantitative estimate of drug-likeness (QED) is 0.246. The van der Waals surface area contributed by atoms with Crippen molar-refractivity contribution in [3.05, 3.63) is 70.1 Å². The normalized spacial score (nSPS) is 15.0. The summed E-state index contributed by atoms with van der Waals surface area (Å²) in [4.78, 5) is 32.4. The lowest BCUT2D eigenvalue weighted by Gasteiger charge is -2.36. The average Bonchev–Trinajstić information content (AvgIpc) is 3.33. The third kappa shape index (κ3) is 5.04. The van der Waals surface area contributed by atoms with Gasteiger partial charge in [-0.2, -0.15) is 0 Å². The molecule has 0 spiro atoms. The molecule has 0 saturated heterocycles. The zero-order valence-electron chi connectivity index (χ0n) is 23.6. The van der Waals surface area contributed by atoms with E-state index in [9.17, 15) is 9.59 Å². The molecule has 0 fully saturated rings. The summed E-state index contributed by atoms with van der Waals surface area (Å²) in [5.74, 6) is 0.871. The van der Waals surface area contributed by atoms with Gasteiger partial charge in [-0.1, -0.05) is 45.4 Å². The summed E-state index contributed by atoms with van der Waals surface area (Å²) in [6.45, 7) is 6.83. The fourth-order valence-electron chi connectivity index (χ4n) is 5.57. The van der Waals surface area contributed by atoms with Crippen molar-refractivity contribution in [2.24, 2.45) is 17.1 Å². The summed E-state index contributed by atoms with van der Waals surface area (Å²) in [5, 5.41) is 4.29. The van der Waals surface area contributed by atoms with Gasteiger partial charge in [0.15, 0.2) is 11.5 Å². The maximum atomic E-state index is 13.9. The minimum atomic E-state index is -0.508. The molecule has 0 saturated carbocycles. The molecule has 0 bridgehead atoms. The van der Waals surface area contributed by atoms with Crippen LogP contribution in [0.5, 0.6) is 11.5 Å². The summed E-state index contributed by atoms with van der Waals surface area (Å²) in [5.41, 5.74) is 10.1. The standard InChI is InChI=1S/C32H35N3O4S/c1-6-32(2,3)19-12-13-21-27(16-19)40-31(28(21)29(33)36)35-30(37)22-17-24(34-23-10-8-7-9-20(22)23)18-11-14-25(38-4)26(15-18)39-5/h7-11,14-15,17,19H,6,12-13,16H2,1-5H3,(H2,33,36)(H,35,37). The summed E-state index contributed by atoms with van der Waals surface area (Å²) in [6.07, 6.45) is 3.76. The van der Waals surface area contributed by atoms with Crippen LogP contribution in [0.2, 0.25) is 0 Å². The monoisotopic (exact) mass is 557 g/mol. The topological polar surface area (TPSA) is 104 Å². The van der Waals surface area contributed by atoms with Gasteiger partial charge >= 0.3 is 0 Å². The molecule has 2 aromatic heterocycles. The van der Waals surface area contributed by atoms with Gasteiger partial charge in [-0.05, 0) is 66.5 Å². The van der Waals surface area contributed by atoms with Crippen LogP contribution < -0.4 is 20.5 Å². The van der Waals surface area contributed by atoms with Gasteiger partial charge in [0.1, 0.15) is 5.00 Å². The van der Waals surface area contributed by atoms with E-state index < -0.39 is 5.91 Å². The van der Waals surface area contributed by atoms with E-state index in [2.05, 4.69) is 26.1 Å². The molecule has 2 amide bonds. The number of hydrogen-bond acceptors (Lipinski definition) is 6. The number of primary amides is 1. The maximum absolute atomic E-state index is 13.9. The van der Waals surface area contributed by atoms with Crippen molar-refractivity contribution in [2.75, 3.05) is 19.5 Å². The molecule has 3 N–H and O–H groups in total. The van der Waals surface area contributed by atoms with Gasteiger partial charge in [-0.3, -0.25) is 9.59 Å². The number of hydrogen-bond donors (Lipinski definition) is 2. The van der Waals surface area contributed by atoms with E-state index in [-0.39, 0.29) is 11.3 Å². The Morgan fingerprint density at radius 1 is 1.10 bits per heavy atom. The number of pyridine rings is 1. The highest BCUT2D eigenvalue weighted by molar-refractivity contribution is 7.17. The average molecular weight is 558 g/mol. The number of benzene rings is 2. The molecular weight excluding hydrogens is 522 g/mol. The Bertz CT molecular complexity index is 1610. The molecule has 2 heterocycles. The van der Waals surface area contributed by atoms with Crippen molar-refractivity contribution in [2.45, 2.75) is 46.5 Å². The van der Waals surface area contributed by atoms with Crippen LogP contribution in [0.3, 0.4) is 0 Å². The molecule has 40 heavy (non-hydrogen) atoms. The number of carbonyl (C=O) groups is 2. The second-order valence-corrected chi connectivity index (χ2v) is 12.1.